The van der Waals surface area contributed by atoms with Crippen molar-refractivity contribution in [3.05, 3.63) is 16.1 Å². The van der Waals surface area contributed by atoms with Crippen molar-refractivity contribution in [3.8, 4) is 0 Å². The van der Waals surface area contributed by atoms with Crippen LogP contribution in [0.15, 0.2) is 10.5 Å². The monoisotopic (exact) mass is 353 g/mol. The first-order valence-electron chi connectivity index (χ1n) is 8.75. The molecule has 2 heterocycles. The fourth-order valence-electron chi connectivity index (χ4n) is 2.94. The normalized spacial score (nSPS) is 18.0. The van der Waals surface area contributed by atoms with Crippen molar-refractivity contribution in [1.82, 2.24) is 20.5 Å². The van der Waals surface area contributed by atoms with E-state index in [0.29, 0.717) is 12.0 Å². The van der Waals surface area contributed by atoms with Gasteiger partial charge < -0.3 is 15.4 Å². The number of nitrogens with one attached hydrogen (secondary N) is 2. The second kappa shape index (κ2) is 9.96. The largest absolute Gasteiger partial charge is 0.379 e. The lowest BCUT2D eigenvalue weighted by Gasteiger charge is -2.35. The third-order valence-corrected chi connectivity index (χ3v) is 5.23. The maximum absolute atomic E-state index is 5.49. The van der Waals surface area contributed by atoms with Crippen molar-refractivity contribution < 1.29 is 4.74 Å². The molecule has 0 aliphatic carbocycles. The molecule has 6 nitrogen and oxygen atoms in total. The molecule has 0 bridgehead atoms. The first-order chi connectivity index (χ1) is 11.6. The zero-order valence-corrected chi connectivity index (χ0v) is 16.2. The fraction of sp³-hybridized carbons (Fsp3) is 0.765. The Hall–Kier alpha value is -1.18. The van der Waals surface area contributed by atoms with Crippen LogP contribution in [-0.4, -0.2) is 61.8 Å². The molecule has 0 spiro atoms. The standard InChI is InChI=1S/C17H31N5OS/c1-13(2)9-15(22-5-7-23-8-6-22)10-19-17(18-4)20-11-16-14(3)21-12-24-16/h12-13,15H,5-11H2,1-4H3,(H2,18,19,20). The van der Waals surface area contributed by atoms with E-state index in [1.165, 1.54) is 11.3 Å². The third kappa shape index (κ3) is 6.03. The molecule has 24 heavy (non-hydrogen) atoms. The van der Waals surface area contributed by atoms with Crippen LogP contribution in [0.1, 0.15) is 30.8 Å². The molecule has 0 radical (unpaired) electrons. The first kappa shape index (κ1) is 19.1. The number of morpholine rings is 1. The van der Waals surface area contributed by atoms with E-state index in [-0.39, 0.29) is 0 Å². The number of nitrogens with zero attached hydrogens (tertiary/aromatic N) is 3. The predicted molar refractivity (Wildman–Crippen MR) is 101 cm³/mol. The van der Waals surface area contributed by atoms with Gasteiger partial charge in [-0.15, -0.1) is 11.3 Å². The molecule has 1 aliphatic rings. The number of aryl methyl sites for hydroxylation is 1. The van der Waals surface area contributed by atoms with Crippen molar-refractivity contribution in [2.75, 3.05) is 39.9 Å². The molecule has 2 rings (SSSR count). The number of thiazole rings is 1. The lowest BCUT2D eigenvalue weighted by molar-refractivity contribution is 0.0132. The molecule has 0 saturated carbocycles. The van der Waals surface area contributed by atoms with E-state index >= 15 is 0 Å². The van der Waals surface area contributed by atoms with Gasteiger partial charge in [0.25, 0.3) is 0 Å². The van der Waals surface area contributed by atoms with Crippen LogP contribution in [0.3, 0.4) is 0 Å². The summed E-state index contributed by atoms with van der Waals surface area (Å²) in [5.74, 6) is 1.53. The second-order valence-electron chi connectivity index (χ2n) is 6.60. The highest BCUT2D eigenvalue weighted by molar-refractivity contribution is 7.09. The molecule has 1 aromatic heterocycles. The smallest absolute Gasteiger partial charge is 0.191 e. The fourth-order valence-corrected chi connectivity index (χ4v) is 3.66. The summed E-state index contributed by atoms with van der Waals surface area (Å²) >= 11 is 1.68. The van der Waals surface area contributed by atoms with Gasteiger partial charge in [-0.25, -0.2) is 4.98 Å². The summed E-state index contributed by atoms with van der Waals surface area (Å²) in [7, 11) is 1.82. The molecule has 0 amide bonds. The van der Waals surface area contributed by atoms with Gasteiger partial charge in [0.1, 0.15) is 0 Å². The summed E-state index contributed by atoms with van der Waals surface area (Å²) in [6, 6.07) is 0.512. The Kier molecular flexibility index (Phi) is 7.94. The average Bonchev–Trinajstić information content (AvgIpc) is 2.99. The van der Waals surface area contributed by atoms with Crippen LogP contribution in [0.4, 0.5) is 0 Å². The molecule has 1 fully saturated rings. The van der Waals surface area contributed by atoms with Crippen LogP contribution >= 0.6 is 11.3 Å². The van der Waals surface area contributed by atoms with Gasteiger partial charge in [0.15, 0.2) is 5.96 Å². The SMILES string of the molecule is CN=C(NCc1scnc1C)NCC(CC(C)C)N1CCOCC1. The van der Waals surface area contributed by atoms with Crippen LogP contribution in [0.2, 0.25) is 0 Å². The first-order valence-corrected chi connectivity index (χ1v) is 9.63. The Labute approximate surface area is 149 Å². The van der Waals surface area contributed by atoms with Crippen LogP contribution < -0.4 is 10.6 Å². The molecule has 1 aromatic rings. The summed E-state index contributed by atoms with van der Waals surface area (Å²) in [6.45, 7) is 12.0. The molecule has 7 heteroatoms. The Morgan fingerprint density at radius 1 is 1.38 bits per heavy atom. The number of hydrogen-bond donors (Lipinski definition) is 2. The molecular formula is C17H31N5OS. The van der Waals surface area contributed by atoms with Crippen LogP contribution in [0, 0.1) is 12.8 Å². The Morgan fingerprint density at radius 2 is 2.12 bits per heavy atom. The molecule has 2 N–H and O–H groups in total. The average molecular weight is 354 g/mol. The quantitative estimate of drug-likeness (QED) is 0.579. The topological polar surface area (TPSA) is 61.8 Å². The summed E-state index contributed by atoms with van der Waals surface area (Å²) in [4.78, 5) is 12.4. The minimum atomic E-state index is 0.512. The zero-order chi connectivity index (χ0) is 17.4. The third-order valence-electron chi connectivity index (χ3n) is 4.30. The van der Waals surface area contributed by atoms with Crippen molar-refractivity contribution in [2.24, 2.45) is 10.9 Å². The van der Waals surface area contributed by atoms with Crippen molar-refractivity contribution in [3.63, 3.8) is 0 Å². The Morgan fingerprint density at radius 3 is 2.71 bits per heavy atom. The van der Waals surface area contributed by atoms with E-state index in [2.05, 4.69) is 39.4 Å². The summed E-state index contributed by atoms with van der Waals surface area (Å²) in [5.41, 5.74) is 2.98. The molecule has 1 saturated heterocycles. The van der Waals surface area contributed by atoms with E-state index in [9.17, 15) is 0 Å². The van der Waals surface area contributed by atoms with Gasteiger partial charge in [0.05, 0.1) is 31.0 Å². The number of aliphatic imine (C=N–C) groups is 1. The van der Waals surface area contributed by atoms with Crippen LogP contribution in [-0.2, 0) is 11.3 Å². The number of aromatic nitrogens is 1. The van der Waals surface area contributed by atoms with Crippen molar-refractivity contribution >= 4 is 17.3 Å². The lowest BCUT2D eigenvalue weighted by atomic mass is 10.0. The number of guanidine groups is 1. The Bertz CT molecular complexity index is 511. The minimum absolute atomic E-state index is 0.512. The van der Waals surface area contributed by atoms with E-state index in [1.54, 1.807) is 11.3 Å². The molecule has 1 unspecified atom stereocenters. The lowest BCUT2D eigenvalue weighted by Crippen LogP contribution is -2.50. The Balaban J connectivity index is 1.84. The van der Waals surface area contributed by atoms with Gasteiger partial charge in [0, 0.05) is 37.6 Å². The highest BCUT2D eigenvalue weighted by Crippen LogP contribution is 2.13. The van der Waals surface area contributed by atoms with Gasteiger partial charge in [0.2, 0.25) is 0 Å². The van der Waals surface area contributed by atoms with Crippen LogP contribution in [0.25, 0.3) is 0 Å². The molecule has 1 atom stereocenters. The zero-order valence-electron chi connectivity index (χ0n) is 15.3. The summed E-state index contributed by atoms with van der Waals surface area (Å²) < 4.78 is 5.49. The maximum Gasteiger partial charge on any atom is 0.191 e. The molecule has 0 aromatic carbocycles. The number of ether oxygens (including phenoxy) is 1. The van der Waals surface area contributed by atoms with Gasteiger partial charge in [-0.1, -0.05) is 13.8 Å². The molecule has 136 valence electrons. The number of hydrogen-bond acceptors (Lipinski definition) is 5. The summed E-state index contributed by atoms with van der Waals surface area (Å²) in [5, 5.41) is 6.89. The van der Waals surface area contributed by atoms with Gasteiger partial charge >= 0.3 is 0 Å². The highest BCUT2D eigenvalue weighted by atomic mass is 32.1. The van der Waals surface area contributed by atoms with Crippen molar-refractivity contribution in [1.29, 1.82) is 0 Å². The van der Waals surface area contributed by atoms with Gasteiger partial charge in [-0.05, 0) is 19.3 Å². The van der Waals surface area contributed by atoms with Gasteiger partial charge in [-0.3, -0.25) is 9.89 Å². The van der Waals surface area contributed by atoms with Gasteiger partial charge in [-0.2, -0.15) is 0 Å². The predicted octanol–water partition coefficient (Wildman–Crippen LogP) is 1.86. The van der Waals surface area contributed by atoms with E-state index < -0.39 is 0 Å². The summed E-state index contributed by atoms with van der Waals surface area (Å²) in [6.07, 6.45) is 1.18. The van der Waals surface area contributed by atoms with E-state index in [1.807, 2.05) is 19.5 Å². The second-order valence-corrected chi connectivity index (χ2v) is 7.54. The molecular weight excluding hydrogens is 322 g/mol. The molecule has 1 aliphatic heterocycles. The highest BCUT2D eigenvalue weighted by Gasteiger charge is 2.22. The minimum Gasteiger partial charge on any atom is -0.379 e. The van der Waals surface area contributed by atoms with Crippen molar-refractivity contribution in [2.45, 2.75) is 39.8 Å². The van der Waals surface area contributed by atoms with E-state index in [4.69, 9.17) is 4.74 Å². The van der Waals surface area contributed by atoms with E-state index in [0.717, 1.165) is 51.0 Å². The maximum atomic E-state index is 5.49. The van der Waals surface area contributed by atoms with Crippen LogP contribution in [0.5, 0.6) is 0 Å². The number of rotatable bonds is 7.